The summed E-state index contributed by atoms with van der Waals surface area (Å²) >= 11 is 11.8. The summed E-state index contributed by atoms with van der Waals surface area (Å²) in [5, 5.41) is 13.1. The Bertz CT molecular complexity index is 1150. The number of rotatable bonds is 6. The van der Waals surface area contributed by atoms with Crippen molar-refractivity contribution in [1.82, 2.24) is 4.90 Å². The molecule has 0 saturated carbocycles. The van der Waals surface area contributed by atoms with E-state index in [1.165, 1.54) is 30.3 Å². The van der Waals surface area contributed by atoms with Gasteiger partial charge < -0.3 is 9.94 Å². The minimum Gasteiger partial charge on any atom is -0.465 e. The van der Waals surface area contributed by atoms with Crippen LogP contribution in [0, 0.1) is 6.92 Å². The molecule has 1 N–H and O–H groups in total. The van der Waals surface area contributed by atoms with Crippen molar-refractivity contribution in [2.45, 2.75) is 44.9 Å². The van der Waals surface area contributed by atoms with Crippen LogP contribution >= 0.6 is 23.2 Å². The van der Waals surface area contributed by atoms with Crippen LogP contribution in [0.1, 0.15) is 53.2 Å². The molecule has 1 aliphatic rings. The number of alkyl halides is 3. The van der Waals surface area contributed by atoms with Gasteiger partial charge in [-0.2, -0.15) is 13.2 Å². The van der Waals surface area contributed by atoms with E-state index in [9.17, 15) is 27.9 Å². The molecule has 0 bridgehead atoms. The number of benzene rings is 2. The first-order valence-corrected chi connectivity index (χ1v) is 11.1. The van der Waals surface area contributed by atoms with Crippen LogP contribution in [0.3, 0.4) is 0 Å². The molecule has 1 atom stereocenters. The van der Waals surface area contributed by atoms with Crippen molar-refractivity contribution in [3.8, 4) is 0 Å². The van der Waals surface area contributed by atoms with Gasteiger partial charge in [0.05, 0.1) is 15.8 Å². The molecule has 182 valence electrons. The summed E-state index contributed by atoms with van der Waals surface area (Å²) in [5.41, 5.74) is -2.13. The Hall–Kier alpha value is -2.78. The van der Waals surface area contributed by atoms with E-state index in [2.05, 4.69) is 5.16 Å². The van der Waals surface area contributed by atoms with E-state index in [4.69, 9.17) is 28.0 Å². The smallest absolute Gasteiger partial charge is 0.435 e. The zero-order valence-corrected chi connectivity index (χ0v) is 19.8. The molecule has 0 radical (unpaired) electrons. The molecule has 0 spiro atoms. The van der Waals surface area contributed by atoms with Gasteiger partial charge in [-0.25, -0.2) is 9.69 Å². The van der Waals surface area contributed by atoms with Gasteiger partial charge in [0.25, 0.3) is 11.5 Å². The highest BCUT2D eigenvalue weighted by atomic mass is 35.5. The van der Waals surface area contributed by atoms with Crippen molar-refractivity contribution in [1.29, 1.82) is 0 Å². The van der Waals surface area contributed by atoms with E-state index >= 15 is 0 Å². The maximum atomic E-state index is 14.2. The second kappa shape index (κ2) is 9.84. The van der Waals surface area contributed by atoms with E-state index < -0.39 is 30.2 Å². The standard InChI is InChI=1S/C23H21Cl2F3N2O4/c1-3-4-9-30(21(32)33)20(31)16-7-5-14(10-13(16)2)19-12-22(34-29-19,23(26,27)28)15-6-8-17(24)18(25)11-15/h5-8,10-11H,3-4,9,12H2,1-2H3,(H,32,33). The molecule has 2 amide bonds. The first-order chi connectivity index (χ1) is 15.9. The topological polar surface area (TPSA) is 79.2 Å². The Kier molecular flexibility index (Phi) is 7.47. The number of amides is 2. The lowest BCUT2D eigenvalue weighted by molar-refractivity contribution is -0.275. The van der Waals surface area contributed by atoms with E-state index in [1.807, 2.05) is 6.92 Å². The van der Waals surface area contributed by atoms with Crippen LogP contribution in [-0.4, -0.2) is 40.4 Å². The lowest BCUT2D eigenvalue weighted by Gasteiger charge is -2.29. The predicted molar refractivity (Wildman–Crippen MR) is 122 cm³/mol. The molecule has 11 heteroatoms. The molecule has 2 aromatic rings. The summed E-state index contributed by atoms with van der Waals surface area (Å²) in [5.74, 6) is -0.699. The summed E-state index contributed by atoms with van der Waals surface area (Å²) < 4.78 is 42.5. The van der Waals surface area contributed by atoms with Crippen molar-refractivity contribution in [3.05, 3.63) is 68.7 Å². The lowest BCUT2D eigenvalue weighted by atomic mass is 9.86. The molecule has 2 aromatic carbocycles. The van der Waals surface area contributed by atoms with Gasteiger partial charge in [0.2, 0.25) is 0 Å². The molecule has 34 heavy (non-hydrogen) atoms. The number of hydrogen-bond donors (Lipinski definition) is 1. The van der Waals surface area contributed by atoms with Gasteiger partial charge in [-0.05, 0) is 48.7 Å². The number of carboxylic acid groups (broad SMARTS) is 1. The molecule has 0 fully saturated rings. The van der Waals surface area contributed by atoms with Gasteiger partial charge in [-0.3, -0.25) is 4.79 Å². The molecular formula is C23H21Cl2F3N2O4. The third kappa shape index (κ3) is 4.86. The fourth-order valence-electron chi connectivity index (χ4n) is 3.63. The molecule has 0 aromatic heterocycles. The number of imide groups is 1. The Morgan fingerprint density at radius 1 is 1.18 bits per heavy atom. The minimum absolute atomic E-state index is 0.0200. The highest BCUT2D eigenvalue weighted by Crippen LogP contribution is 2.49. The Morgan fingerprint density at radius 2 is 1.88 bits per heavy atom. The minimum atomic E-state index is -4.82. The first kappa shape index (κ1) is 25.8. The predicted octanol–water partition coefficient (Wildman–Crippen LogP) is 6.80. The molecule has 1 unspecified atom stereocenters. The number of unbranched alkanes of at least 4 members (excludes halogenated alkanes) is 1. The van der Waals surface area contributed by atoms with Crippen molar-refractivity contribution in [3.63, 3.8) is 0 Å². The molecule has 1 aliphatic heterocycles. The van der Waals surface area contributed by atoms with Crippen LogP contribution in [-0.2, 0) is 10.4 Å². The monoisotopic (exact) mass is 516 g/mol. The van der Waals surface area contributed by atoms with Crippen LogP contribution in [0.5, 0.6) is 0 Å². The van der Waals surface area contributed by atoms with Crippen LogP contribution in [0.25, 0.3) is 0 Å². The fraction of sp³-hybridized carbons (Fsp3) is 0.348. The maximum absolute atomic E-state index is 14.2. The van der Waals surface area contributed by atoms with Gasteiger partial charge >= 0.3 is 12.3 Å². The summed E-state index contributed by atoms with van der Waals surface area (Å²) in [7, 11) is 0. The van der Waals surface area contributed by atoms with Crippen molar-refractivity contribution in [2.75, 3.05) is 6.54 Å². The third-order valence-corrected chi connectivity index (χ3v) is 6.31. The number of hydrogen-bond acceptors (Lipinski definition) is 4. The van der Waals surface area contributed by atoms with Gasteiger partial charge in [0.15, 0.2) is 0 Å². The number of nitrogens with zero attached hydrogens (tertiary/aromatic N) is 2. The summed E-state index contributed by atoms with van der Waals surface area (Å²) in [4.78, 5) is 30.0. The summed E-state index contributed by atoms with van der Waals surface area (Å²) in [6, 6.07) is 7.82. The maximum Gasteiger partial charge on any atom is 0.435 e. The van der Waals surface area contributed by atoms with E-state index in [-0.39, 0.29) is 33.4 Å². The number of aryl methyl sites for hydroxylation is 1. The SMILES string of the molecule is CCCCN(C(=O)O)C(=O)c1ccc(C2=NOC(c3ccc(Cl)c(Cl)c3)(C(F)(F)F)C2)cc1C. The molecule has 0 aliphatic carbocycles. The van der Waals surface area contributed by atoms with Gasteiger partial charge in [0, 0.05) is 24.1 Å². The molecule has 3 rings (SSSR count). The highest BCUT2D eigenvalue weighted by Gasteiger charge is 2.62. The number of oxime groups is 1. The second-order valence-corrected chi connectivity index (χ2v) is 8.70. The zero-order chi connectivity index (χ0) is 25.3. The molecule has 0 saturated heterocycles. The lowest BCUT2D eigenvalue weighted by Crippen LogP contribution is -2.42. The van der Waals surface area contributed by atoms with Crippen molar-refractivity contribution in [2.24, 2.45) is 5.16 Å². The molecule has 6 nitrogen and oxygen atoms in total. The highest BCUT2D eigenvalue weighted by molar-refractivity contribution is 6.42. The largest absolute Gasteiger partial charge is 0.465 e. The van der Waals surface area contributed by atoms with E-state index in [0.717, 1.165) is 11.0 Å². The van der Waals surface area contributed by atoms with Gasteiger partial charge in [-0.1, -0.05) is 53.8 Å². The molecule has 1 heterocycles. The number of halogens is 5. The van der Waals surface area contributed by atoms with E-state index in [0.29, 0.717) is 24.0 Å². The number of carbonyl (C=O) groups is 2. The quantitative estimate of drug-likeness (QED) is 0.457. The Balaban J connectivity index is 1.91. The Labute approximate surface area is 203 Å². The van der Waals surface area contributed by atoms with Crippen LogP contribution in [0.15, 0.2) is 41.6 Å². The average Bonchev–Trinajstić information content (AvgIpc) is 3.22. The second-order valence-electron chi connectivity index (χ2n) is 7.88. The van der Waals surface area contributed by atoms with Crippen LogP contribution in [0.2, 0.25) is 10.0 Å². The average molecular weight is 517 g/mol. The van der Waals surface area contributed by atoms with Gasteiger partial charge in [0.1, 0.15) is 0 Å². The number of carbonyl (C=O) groups excluding carboxylic acids is 1. The Morgan fingerprint density at radius 3 is 2.44 bits per heavy atom. The molecular weight excluding hydrogens is 496 g/mol. The zero-order valence-electron chi connectivity index (χ0n) is 18.2. The van der Waals surface area contributed by atoms with E-state index in [1.54, 1.807) is 6.92 Å². The fourth-order valence-corrected chi connectivity index (χ4v) is 3.93. The normalized spacial score (nSPS) is 17.8. The summed E-state index contributed by atoms with van der Waals surface area (Å²) in [6.45, 7) is 3.49. The van der Waals surface area contributed by atoms with Crippen LogP contribution < -0.4 is 0 Å². The van der Waals surface area contributed by atoms with Gasteiger partial charge in [-0.15, -0.1) is 0 Å². The van der Waals surface area contributed by atoms with Crippen LogP contribution in [0.4, 0.5) is 18.0 Å². The third-order valence-electron chi connectivity index (χ3n) is 5.57. The first-order valence-electron chi connectivity index (χ1n) is 10.3. The van der Waals surface area contributed by atoms with Crippen molar-refractivity contribution >= 4 is 40.9 Å². The summed E-state index contributed by atoms with van der Waals surface area (Å²) in [6.07, 6.45) is -5.60. The van der Waals surface area contributed by atoms with Crippen molar-refractivity contribution < 1.29 is 32.7 Å².